The number of aryl methyl sites for hydroxylation is 1. The number of sulfonamides is 1. The summed E-state index contributed by atoms with van der Waals surface area (Å²) < 4.78 is 28.7. The lowest BCUT2D eigenvalue weighted by Crippen LogP contribution is -2.41. The molecule has 1 atom stereocenters. The summed E-state index contributed by atoms with van der Waals surface area (Å²) >= 11 is 1.61. The van der Waals surface area contributed by atoms with Crippen LogP contribution in [0.25, 0.3) is 10.2 Å². The molecule has 7 nitrogen and oxygen atoms in total. The van der Waals surface area contributed by atoms with Gasteiger partial charge in [-0.3, -0.25) is 9.69 Å². The van der Waals surface area contributed by atoms with E-state index in [4.69, 9.17) is 0 Å². The second kappa shape index (κ2) is 9.89. The largest absolute Gasteiger partial charge is 0.335 e. The SMILES string of the molecule is Cc1ccc(S(=O)(=O)N2CCCN(CC(=O)N(C)C(C)c3nc4ccccc4s3)CC2)cc1. The summed E-state index contributed by atoms with van der Waals surface area (Å²) in [6, 6.07) is 14.8. The maximum Gasteiger partial charge on any atom is 0.243 e. The van der Waals surface area contributed by atoms with Crippen LogP contribution in [0.15, 0.2) is 53.4 Å². The lowest BCUT2D eigenvalue weighted by atomic mass is 10.2. The number of hydrogen-bond donors (Lipinski definition) is 0. The van der Waals surface area contributed by atoms with E-state index in [2.05, 4.69) is 9.88 Å². The van der Waals surface area contributed by atoms with Crippen LogP contribution in [0.1, 0.15) is 30.0 Å². The fourth-order valence-electron chi connectivity index (χ4n) is 3.96. The van der Waals surface area contributed by atoms with Gasteiger partial charge >= 0.3 is 0 Å². The lowest BCUT2D eigenvalue weighted by molar-refractivity contribution is -0.133. The summed E-state index contributed by atoms with van der Waals surface area (Å²) in [5.74, 6) is 0.0107. The van der Waals surface area contributed by atoms with Crippen molar-refractivity contribution in [3.8, 4) is 0 Å². The summed E-state index contributed by atoms with van der Waals surface area (Å²) in [5, 5.41) is 0.915. The normalized spacial score (nSPS) is 17.1. The summed E-state index contributed by atoms with van der Waals surface area (Å²) in [6.45, 7) is 6.25. The Morgan fingerprint density at radius 1 is 1.09 bits per heavy atom. The van der Waals surface area contributed by atoms with Crippen molar-refractivity contribution in [2.75, 3.05) is 39.8 Å². The lowest BCUT2D eigenvalue weighted by Gasteiger charge is -2.27. The van der Waals surface area contributed by atoms with Gasteiger partial charge in [-0.2, -0.15) is 4.31 Å². The van der Waals surface area contributed by atoms with Crippen molar-refractivity contribution in [3.05, 3.63) is 59.1 Å². The van der Waals surface area contributed by atoms with Gasteiger partial charge in [-0.1, -0.05) is 29.8 Å². The van der Waals surface area contributed by atoms with Crippen molar-refractivity contribution in [3.63, 3.8) is 0 Å². The van der Waals surface area contributed by atoms with E-state index in [1.165, 1.54) is 4.31 Å². The summed E-state index contributed by atoms with van der Waals surface area (Å²) in [6.07, 6.45) is 0.690. The van der Waals surface area contributed by atoms with E-state index < -0.39 is 10.0 Å². The predicted octanol–water partition coefficient (Wildman–Crippen LogP) is 3.52. The van der Waals surface area contributed by atoms with Gasteiger partial charge in [-0.25, -0.2) is 13.4 Å². The first-order chi connectivity index (χ1) is 15.8. The van der Waals surface area contributed by atoms with E-state index >= 15 is 0 Å². The minimum absolute atomic E-state index is 0.0107. The molecule has 33 heavy (non-hydrogen) atoms. The van der Waals surface area contributed by atoms with Crippen molar-refractivity contribution in [2.45, 2.75) is 31.2 Å². The van der Waals surface area contributed by atoms with Gasteiger partial charge in [0.05, 0.1) is 27.7 Å². The number of benzene rings is 2. The van der Waals surface area contributed by atoms with Crippen molar-refractivity contribution >= 4 is 37.5 Å². The van der Waals surface area contributed by atoms with Gasteiger partial charge in [0, 0.05) is 26.7 Å². The fourth-order valence-corrected chi connectivity index (χ4v) is 6.49. The molecule has 1 fully saturated rings. The fraction of sp³-hybridized carbons (Fsp3) is 0.417. The number of hydrogen-bond acceptors (Lipinski definition) is 6. The van der Waals surface area contributed by atoms with Crippen LogP contribution in [0.5, 0.6) is 0 Å². The van der Waals surface area contributed by atoms with Crippen LogP contribution >= 0.6 is 11.3 Å². The van der Waals surface area contributed by atoms with Gasteiger partial charge in [0.25, 0.3) is 0 Å². The first kappa shape index (κ1) is 23.8. The Morgan fingerprint density at radius 3 is 2.55 bits per heavy atom. The maximum absolute atomic E-state index is 13.0. The van der Waals surface area contributed by atoms with Gasteiger partial charge in [0.1, 0.15) is 5.01 Å². The van der Waals surface area contributed by atoms with Crippen LogP contribution in [0.2, 0.25) is 0 Å². The predicted molar refractivity (Wildman–Crippen MR) is 132 cm³/mol. The first-order valence-corrected chi connectivity index (χ1v) is 13.4. The minimum Gasteiger partial charge on any atom is -0.335 e. The highest BCUT2D eigenvalue weighted by atomic mass is 32.2. The second-order valence-electron chi connectivity index (χ2n) is 8.55. The van der Waals surface area contributed by atoms with Gasteiger partial charge in [0.2, 0.25) is 15.9 Å². The Kier molecular flexibility index (Phi) is 7.13. The van der Waals surface area contributed by atoms with Crippen LogP contribution in [0.3, 0.4) is 0 Å². The van der Waals surface area contributed by atoms with Crippen molar-refractivity contribution in [1.29, 1.82) is 0 Å². The molecule has 1 aliphatic heterocycles. The molecule has 3 aromatic rings. The summed E-state index contributed by atoms with van der Waals surface area (Å²) in [7, 11) is -1.72. The van der Waals surface area contributed by atoms with Crippen LogP contribution in [0.4, 0.5) is 0 Å². The van der Waals surface area contributed by atoms with E-state index in [0.717, 1.165) is 20.8 Å². The smallest absolute Gasteiger partial charge is 0.243 e. The van der Waals surface area contributed by atoms with Crippen LogP contribution < -0.4 is 0 Å². The Labute approximate surface area is 199 Å². The second-order valence-corrected chi connectivity index (χ2v) is 11.5. The molecule has 1 aliphatic rings. The monoisotopic (exact) mass is 486 g/mol. The molecule has 0 N–H and O–H groups in total. The molecule has 0 saturated carbocycles. The van der Waals surface area contributed by atoms with E-state index in [1.807, 2.05) is 57.3 Å². The van der Waals surface area contributed by atoms with E-state index in [-0.39, 0.29) is 18.5 Å². The number of amides is 1. The zero-order valence-electron chi connectivity index (χ0n) is 19.3. The molecule has 1 aromatic heterocycles. The number of para-hydroxylation sites is 1. The molecule has 2 aromatic carbocycles. The molecule has 1 unspecified atom stereocenters. The Bertz CT molecular complexity index is 1190. The van der Waals surface area contributed by atoms with Crippen LogP contribution in [0, 0.1) is 6.92 Å². The quantitative estimate of drug-likeness (QED) is 0.533. The number of nitrogens with zero attached hydrogens (tertiary/aromatic N) is 4. The van der Waals surface area contributed by atoms with Crippen molar-refractivity contribution < 1.29 is 13.2 Å². The van der Waals surface area contributed by atoms with Gasteiger partial charge < -0.3 is 4.90 Å². The topological polar surface area (TPSA) is 73.8 Å². The van der Waals surface area contributed by atoms with Crippen LogP contribution in [-0.2, 0) is 14.8 Å². The molecule has 0 aliphatic carbocycles. The molecule has 9 heteroatoms. The molecule has 0 radical (unpaired) electrons. The highest BCUT2D eigenvalue weighted by Crippen LogP contribution is 2.29. The Morgan fingerprint density at radius 2 is 1.82 bits per heavy atom. The van der Waals surface area contributed by atoms with E-state index in [1.54, 1.807) is 28.4 Å². The minimum atomic E-state index is -3.53. The Balaban J connectivity index is 1.37. The summed E-state index contributed by atoms with van der Waals surface area (Å²) in [4.78, 5) is 21.8. The number of carbonyl (C=O) groups is 1. The number of likely N-dealkylation sites (N-methyl/N-ethyl adjacent to an activating group) is 1. The molecular weight excluding hydrogens is 456 g/mol. The third-order valence-electron chi connectivity index (χ3n) is 6.21. The highest BCUT2D eigenvalue weighted by molar-refractivity contribution is 7.89. The third-order valence-corrected chi connectivity index (χ3v) is 9.33. The zero-order valence-corrected chi connectivity index (χ0v) is 20.9. The molecule has 4 rings (SSSR count). The highest BCUT2D eigenvalue weighted by Gasteiger charge is 2.28. The Hall–Kier alpha value is -2.33. The van der Waals surface area contributed by atoms with Gasteiger partial charge in [-0.15, -0.1) is 11.3 Å². The third kappa shape index (κ3) is 5.27. The number of aromatic nitrogens is 1. The standard InChI is InChI=1S/C24H30N4O3S2/c1-18-9-11-20(12-10-18)33(30,31)28-14-6-13-27(15-16-28)17-23(29)26(3)19(2)24-25-21-7-4-5-8-22(21)32-24/h4-5,7-12,19H,6,13-17H2,1-3H3. The summed E-state index contributed by atoms with van der Waals surface area (Å²) in [5.41, 5.74) is 1.98. The molecular formula is C24H30N4O3S2. The maximum atomic E-state index is 13.0. The van der Waals surface area contributed by atoms with Gasteiger partial charge in [0.15, 0.2) is 0 Å². The average molecular weight is 487 g/mol. The molecule has 176 valence electrons. The van der Waals surface area contributed by atoms with Gasteiger partial charge in [-0.05, 0) is 51.1 Å². The molecule has 2 heterocycles. The van der Waals surface area contributed by atoms with Crippen molar-refractivity contribution in [2.24, 2.45) is 0 Å². The number of rotatable bonds is 6. The zero-order chi connectivity index (χ0) is 23.6. The average Bonchev–Trinajstić information content (AvgIpc) is 3.10. The first-order valence-electron chi connectivity index (χ1n) is 11.2. The molecule has 0 bridgehead atoms. The number of carbonyl (C=O) groups excluding carboxylic acids is 1. The molecule has 1 saturated heterocycles. The van der Waals surface area contributed by atoms with Crippen LogP contribution in [-0.4, -0.2) is 73.2 Å². The number of fused-ring (bicyclic) bond motifs is 1. The number of thiazole rings is 1. The molecule has 0 spiro atoms. The molecule has 1 amide bonds. The van der Waals surface area contributed by atoms with Crippen molar-refractivity contribution in [1.82, 2.24) is 19.1 Å². The van der Waals surface area contributed by atoms with E-state index in [9.17, 15) is 13.2 Å². The van der Waals surface area contributed by atoms with E-state index in [0.29, 0.717) is 37.5 Å².